The van der Waals surface area contributed by atoms with Gasteiger partial charge in [0.1, 0.15) is 23.8 Å². The monoisotopic (exact) mass is 505 g/mol. The number of hydrogen-bond acceptors (Lipinski definition) is 7. The molecule has 1 aliphatic carbocycles. The average Bonchev–Trinajstić information content (AvgIpc) is 3.04. The summed E-state index contributed by atoms with van der Waals surface area (Å²) in [5, 5.41) is 12.0. The van der Waals surface area contributed by atoms with E-state index in [1.165, 1.54) is 17.7 Å². The molecule has 0 unspecified atom stereocenters. The summed E-state index contributed by atoms with van der Waals surface area (Å²) in [6.45, 7) is 0.537. The number of halogens is 1. The normalized spacial score (nSPS) is 19.5. The number of fused-ring (bicyclic) bond motifs is 1. The van der Waals surface area contributed by atoms with Gasteiger partial charge in [0.25, 0.3) is 5.91 Å². The van der Waals surface area contributed by atoms with E-state index in [4.69, 9.17) is 15.6 Å². The lowest BCUT2D eigenvalue weighted by Gasteiger charge is -2.28. The number of carboxylic acids is 1. The van der Waals surface area contributed by atoms with Crippen LogP contribution in [0.4, 0.5) is 27.5 Å². The molecule has 3 aromatic rings. The number of anilines is 4. The number of nitrogen functional groups attached to an aromatic ring is 1. The van der Waals surface area contributed by atoms with Gasteiger partial charge in [-0.25, -0.2) is 4.39 Å². The highest BCUT2D eigenvalue weighted by Crippen LogP contribution is 2.38. The van der Waals surface area contributed by atoms with Gasteiger partial charge in [-0.05, 0) is 79.5 Å². The lowest BCUT2D eigenvalue weighted by Crippen LogP contribution is -2.32. The zero-order valence-electron chi connectivity index (χ0n) is 20.2. The molecular weight excluding hydrogens is 477 g/mol. The largest absolute Gasteiger partial charge is 0.481 e. The summed E-state index contributed by atoms with van der Waals surface area (Å²) in [4.78, 5) is 34.6. The Morgan fingerprint density at radius 2 is 1.78 bits per heavy atom. The summed E-state index contributed by atoms with van der Waals surface area (Å²) in [6.07, 6.45) is 3.99. The minimum Gasteiger partial charge on any atom is -0.481 e. The molecule has 9 nitrogen and oxygen atoms in total. The molecule has 5 rings (SSSR count). The van der Waals surface area contributed by atoms with E-state index in [0.29, 0.717) is 18.2 Å². The molecule has 1 fully saturated rings. The first kappa shape index (κ1) is 24.5. The quantitative estimate of drug-likeness (QED) is 0.438. The Bertz CT molecular complexity index is 1290. The second-order valence-corrected chi connectivity index (χ2v) is 9.46. The van der Waals surface area contributed by atoms with Crippen LogP contribution in [0.1, 0.15) is 53.9 Å². The second kappa shape index (κ2) is 10.4. The molecule has 0 saturated heterocycles. The maximum atomic E-state index is 13.5. The predicted octanol–water partition coefficient (Wildman–Crippen LogP) is 4.73. The van der Waals surface area contributed by atoms with Crippen molar-refractivity contribution in [3.8, 4) is 5.88 Å². The smallest absolute Gasteiger partial charge is 0.303 e. The topological polar surface area (TPSA) is 131 Å². The molecule has 1 saturated carbocycles. The fourth-order valence-corrected chi connectivity index (χ4v) is 5.07. The summed E-state index contributed by atoms with van der Waals surface area (Å²) in [6, 6.07) is 13.6. The van der Waals surface area contributed by atoms with Crippen LogP contribution >= 0.6 is 0 Å². The maximum Gasteiger partial charge on any atom is 0.303 e. The van der Waals surface area contributed by atoms with E-state index in [2.05, 4.69) is 15.3 Å². The molecule has 0 spiro atoms. The molecule has 10 heteroatoms. The minimum absolute atomic E-state index is 0.0127. The SMILES string of the molecule is Nc1nc(Nc2ccc(F)cc2)nc2c1C(=O)N(c1ccc(C3CCC(CC(=O)O)CC3)cc1)CCO2. The molecule has 1 aromatic heterocycles. The van der Waals surface area contributed by atoms with Crippen LogP contribution in [-0.4, -0.2) is 40.1 Å². The molecule has 0 radical (unpaired) electrons. The van der Waals surface area contributed by atoms with Gasteiger partial charge in [-0.3, -0.25) is 9.59 Å². The Balaban J connectivity index is 1.30. The number of carbonyl (C=O) groups is 2. The first-order valence-electron chi connectivity index (χ1n) is 12.3. The number of rotatable bonds is 6. The average molecular weight is 506 g/mol. The molecule has 2 heterocycles. The van der Waals surface area contributed by atoms with Gasteiger partial charge in [-0.1, -0.05) is 12.1 Å². The van der Waals surface area contributed by atoms with E-state index in [-0.39, 0.29) is 53.9 Å². The van der Waals surface area contributed by atoms with Crippen LogP contribution in [0.15, 0.2) is 48.5 Å². The Kier molecular flexibility index (Phi) is 6.89. The Morgan fingerprint density at radius 1 is 1.08 bits per heavy atom. The number of carboxylic acid groups (broad SMARTS) is 1. The molecule has 2 aliphatic rings. The van der Waals surface area contributed by atoms with Gasteiger partial charge in [-0.15, -0.1) is 0 Å². The van der Waals surface area contributed by atoms with Gasteiger partial charge in [-0.2, -0.15) is 9.97 Å². The molecule has 1 aliphatic heterocycles. The van der Waals surface area contributed by atoms with Crippen LogP contribution in [-0.2, 0) is 4.79 Å². The van der Waals surface area contributed by atoms with Crippen LogP contribution in [0.25, 0.3) is 0 Å². The van der Waals surface area contributed by atoms with E-state index in [1.807, 2.05) is 24.3 Å². The highest BCUT2D eigenvalue weighted by Gasteiger charge is 2.30. The van der Waals surface area contributed by atoms with E-state index >= 15 is 0 Å². The lowest BCUT2D eigenvalue weighted by molar-refractivity contribution is -0.138. The number of benzene rings is 2. The van der Waals surface area contributed by atoms with Crippen molar-refractivity contribution in [1.82, 2.24) is 9.97 Å². The summed E-state index contributed by atoms with van der Waals surface area (Å²) in [5.41, 5.74) is 8.75. The Hall–Kier alpha value is -4.21. The van der Waals surface area contributed by atoms with E-state index in [9.17, 15) is 14.0 Å². The van der Waals surface area contributed by atoms with Crippen molar-refractivity contribution < 1.29 is 23.8 Å². The van der Waals surface area contributed by atoms with Gasteiger partial charge in [0.05, 0.1) is 6.54 Å². The zero-order valence-corrected chi connectivity index (χ0v) is 20.2. The molecule has 0 bridgehead atoms. The van der Waals surface area contributed by atoms with Gasteiger partial charge < -0.3 is 25.8 Å². The van der Waals surface area contributed by atoms with Crippen molar-refractivity contribution in [3.63, 3.8) is 0 Å². The van der Waals surface area contributed by atoms with Gasteiger partial charge in [0.15, 0.2) is 0 Å². The van der Waals surface area contributed by atoms with Crippen LogP contribution in [0.3, 0.4) is 0 Å². The molecule has 4 N–H and O–H groups in total. The van der Waals surface area contributed by atoms with Crippen molar-refractivity contribution in [2.75, 3.05) is 29.1 Å². The summed E-state index contributed by atoms with van der Waals surface area (Å²) >= 11 is 0. The standard InChI is InChI=1S/C27H28FN5O4/c28-19-7-9-20(10-8-19)30-27-31-24(29)23-25(32-27)37-14-13-33(26(23)36)21-11-5-18(6-12-21)17-3-1-16(2-4-17)15-22(34)35/h5-12,16-17H,1-4,13-15H2,(H,34,35)(H3,29,30,31,32). The van der Waals surface area contributed by atoms with Crippen molar-refractivity contribution in [3.05, 3.63) is 65.5 Å². The van der Waals surface area contributed by atoms with Crippen molar-refractivity contribution >= 4 is 35.0 Å². The number of aliphatic carboxylic acids is 1. The lowest BCUT2D eigenvalue weighted by atomic mass is 9.77. The Morgan fingerprint density at radius 3 is 2.46 bits per heavy atom. The summed E-state index contributed by atoms with van der Waals surface area (Å²) in [5.74, 6) is -0.571. The number of ether oxygens (including phenoxy) is 1. The fraction of sp³-hybridized carbons (Fsp3) is 0.333. The highest BCUT2D eigenvalue weighted by molar-refractivity contribution is 6.10. The van der Waals surface area contributed by atoms with Crippen LogP contribution in [0.5, 0.6) is 5.88 Å². The first-order valence-corrected chi connectivity index (χ1v) is 12.3. The number of aromatic nitrogens is 2. The number of nitrogens with two attached hydrogens (primary N) is 1. The van der Waals surface area contributed by atoms with E-state index in [1.54, 1.807) is 17.0 Å². The number of carbonyl (C=O) groups excluding carboxylic acids is 1. The summed E-state index contributed by atoms with van der Waals surface area (Å²) in [7, 11) is 0. The molecular formula is C27H28FN5O4. The highest BCUT2D eigenvalue weighted by atomic mass is 19.1. The number of amides is 1. The van der Waals surface area contributed by atoms with Crippen molar-refractivity contribution in [2.24, 2.45) is 5.92 Å². The molecule has 2 aromatic carbocycles. The van der Waals surface area contributed by atoms with Gasteiger partial charge in [0, 0.05) is 17.8 Å². The maximum absolute atomic E-state index is 13.5. The molecule has 1 amide bonds. The number of hydrogen-bond donors (Lipinski definition) is 3. The molecule has 0 atom stereocenters. The third-order valence-electron chi connectivity index (χ3n) is 7.00. The van der Waals surface area contributed by atoms with Crippen LogP contribution in [0.2, 0.25) is 0 Å². The van der Waals surface area contributed by atoms with Crippen molar-refractivity contribution in [1.29, 1.82) is 0 Å². The minimum atomic E-state index is -0.730. The van der Waals surface area contributed by atoms with E-state index in [0.717, 1.165) is 31.4 Å². The van der Waals surface area contributed by atoms with Gasteiger partial charge in [0.2, 0.25) is 11.8 Å². The zero-order chi connectivity index (χ0) is 25.9. The number of nitrogens with zero attached hydrogens (tertiary/aromatic N) is 3. The fourth-order valence-electron chi connectivity index (χ4n) is 5.07. The van der Waals surface area contributed by atoms with Crippen LogP contribution < -0.4 is 20.7 Å². The number of nitrogens with one attached hydrogen (secondary N) is 1. The van der Waals surface area contributed by atoms with Crippen molar-refractivity contribution in [2.45, 2.75) is 38.0 Å². The summed E-state index contributed by atoms with van der Waals surface area (Å²) < 4.78 is 19.0. The second-order valence-electron chi connectivity index (χ2n) is 9.46. The predicted molar refractivity (Wildman–Crippen MR) is 137 cm³/mol. The molecule has 37 heavy (non-hydrogen) atoms. The van der Waals surface area contributed by atoms with E-state index < -0.39 is 5.97 Å². The van der Waals surface area contributed by atoms with Crippen LogP contribution in [0, 0.1) is 11.7 Å². The Labute approximate surface area is 213 Å². The molecule has 192 valence electrons. The van der Waals surface area contributed by atoms with Gasteiger partial charge >= 0.3 is 5.97 Å². The third kappa shape index (κ3) is 5.47. The first-order chi connectivity index (χ1) is 17.9. The third-order valence-corrected chi connectivity index (χ3v) is 7.00.